The molecule has 1 saturated carbocycles. The molecule has 0 bridgehead atoms. The molecule has 30 heavy (non-hydrogen) atoms. The molecule has 0 atom stereocenters. The molecule has 1 amide bonds. The van der Waals surface area contributed by atoms with Gasteiger partial charge in [-0.25, -0.2) is 9.97 Å². The summed E-state index contributed by atoms with van der Waals surface area (Å²) in [6.07, 6.45) is 8.47. The molecule has 3 heterocycles. The summed E-state index contributed by atoms with van der Waals surface area (Å²) in [7, 11) is 1.95. The van der Waals surface area contributed by atoms with E-state index < -0.39 is 5.41 Å². The van der Waals surface area contributed by atoms with E-state index in [4.69, 9.17) is 0 Å². The number of hydrogen-bond acceptors (Lipinski definition) is 5. The number of nitrogens with zero attached hydrogens (tertiary/aromatic N) is 5. The van der Waals surface area contributed by atoms with Crippen molar-refractivity contribution in [3.8, 4) is 17.3 Å². The van der Waals surface area contributed by atoms with Crippen LogP contribution in [0.2, 0.25) is 0 Å². The van der Waals surface area contributed by atoms with E-state index in [1.165, 1.54) is 0 Å². The van der Waals surface area contributed by atoms with Gasteiger partial charge in [0.15, 0.2) is 0 Å². The van der Waals surface area contributed by atoms with Crippen LogP contribution in [0, 0.1) is 11.3 Å². The highest BCUT2D eigenvalue weighted by molar-refractivity contribution is 6.04. The Morgan fingerprint density at radius 2 is 2.00 bits per heavy atom. The first-order valence-corrected chi connectivity index (χ1v) is 9.64. The fraction of sp³-hybridized carbons (Fsp3) is 0.174. The summed E-state index contributed by atoms with van der Waals surface area (Å²) in [5, 5.41) is 14.2. The normalized spacial score (nSPS) is 14.3. The third kappa shape index (κ3) is 3.08. The van der Waals surface area contributed by atoms with Crippen molar-refractivity contribution in [1.82, 2.24) is 19.5 Å². The largest absolute Gasteiger partial charge is 0.334 e. The molecule has 5 rings (SSSR count). The quantitative estimate of drug-likeness (QED) is 0.567. The average Bonchev–Trinajstić information content (AvgIpc) is 3.47. The Morgan fingerprint density at radius 1 is 1.13 bits per heavy atom. The topological polar surface area (TPSA) is 96.5 Å². The van der Waals surface area contributed by atoms with Gasteiger partial charge in [-0.2, -0.15) is 5.26 Å². The number of aryl methyl sites for hydroxylation is 1. The molecule has 0 aliphatic heterocycles. The van der Waals surface area contributed by atoms with Gasteiger partial charge in [0.25, 0.3) is 5.91 Å². The lowest BCUT2D eigenvalue weighted by molar-refractivity contribution is 0.102. The van der Waals surface area contributed by atoms with Crippen molar-refractivity contribution in [2.75, 3.05) is 5.32 Å². The molecule has 0 radical (unpaired) electrons. The van der Waals surface area contributed by atoms with Crippen molar-refractivity contribution >= 4 is 22.5 Å². The number of aromatic nitrogens is 4. The molecule has 1 aliphatic carbocycles. The molecular weight excluding hydrogens is 376 g/mol. The highest BCUT2D eigenvalue weighted by Gasteiger charge is 2.46. The second kappa shape index (κ2) is 6.78. The lowest BCUT2D eigenvalue weighted by Gasteiger charge is -2.09. The third-order valence-corrected chi connectivity index (χ3v) is 5.55. The number of imidazole rings is 1. The fourth-order valence-electron chi connectivity index (χ4n) is 3.58. The number of carbonyl (C=O) groups is 1. The molecular formula is C23H18N6O. The molecule has 0 spiro atoms. The predicted molar refractivity (Wildman–Crippen MR) is 113 cm³/mol. The van der Waals surface area contributed by atoms with Gasteiger partial charge in [-0.15, -0.1) is 0 Å². The summed E-state index contributed by atoms with van der Waals surface area (Å²) in [6, 6.07) is 13.6. The minimum atomic E-state index is -0.528. The SMILES string of the molecule is Cn1cncc1-c1ccc2cnc(NC(=O)c3ccnc(C4(C#N)CC4)c3)cc2c1. The summed E-state index contributed by atoms with van der Waals surface area (Å²) in [5.41, 5.74) is 2.64. The van der Waals surface area contributed by atoms with Crippen LogP contribution in [-0.2, 0) is 12.5 Å². The van der Waals surface area contributed by atoms with Crippen LogP contribution < -0.4 is 5.32 Å². The maximum absolute atomic E-state index is 12.8. The van der Waals surface area contributed by atoms with Crippen LogP contribution in [0.1, 0.15) is 28.9 Å². The van der Waals surface area contributed by atoms with Crippen molar-refractivity contribution in [1.29, 1.82) is 5.26 Å². The summed E-state index contributed by atoms with van der Waals surface area (Å²) in [5.74, 6) is 0.191. The van der Waals surface area contributed by atoms with Crippen molar-refractivity contribution < 1.29 is 4.79 Å². The summed E-state index contributed by atoms with van der Waals surface area (Å²) in [4.78, 5) is 25.6. The summed E-state index contributed by atoms with van der Waals surface area (Å²) >= 11 is 0. The van der Waals surface area contributed by atoms with Gasteiger partial charge < -0.3 is 9.88 Å². The van der Waals surface area contributed by atoms with Crippen LogP contribution in [0.25, 0.3) is 22.0 Å². The van der Waals surface area contributed by atoms with Crippen molar-refractivity contribution in [3.05, 3.63) is 72.6 Å². The van der Waals surface area contributed by atoms with Crippen LogP contribution in [-0.4, -0.2) is 25.4 Å². The zero-order valence-corrected chi connectivity index (χ0v) is 16.3. The molecule has 7 heteroatoms. The van der Waals surface area contributed by atoms with Gasteiger partial charge in [-0.3, -0.25) is 9.78 Å². The van der Waals surface area contributed by atoms with Crippen molar-refractivity contribution in [2.45, 2.75) is 18.3 Å². The Bertz CT molecular complexity index is 1330. The molecule has 1 aliphatic rings. The van der Waals surface area contributed by atoms with Crippen LogP contribution in [0.15, 0.2) is 61.3 Å². The maximum atomic E-state index is 12.8. The maximum Gasteiger partial charge on any atom is 0.256 e. The van der Waals surface area contributed by atoms with Crippen LogP contribution >= 0.6 is 0 Å². The Kier molecular flexibility index (Phi) is 4.07. The highest BCUT2D eigenvalue weighted by atomic mass is 16.1. The van der Waals surface area contributed by atoms with Gasteiger partial charge in [0.2, 0.25) is 0 Å². The van der Waals surface area contributed by atoms with Gasteiger partial charge in [0.05, 0.1) is 35.4 Å². The van der Waals surface area contributed by atoms with E-state index in [0.29, 0.717) is 17.1 Å². The Balaban J connectivity index is 1.43. The van der Waals surface area contributed by atoms with E-state index in [0.717, 1.165) is 34.9 Å². The molecule has 1 N–H and O–H groups in total. The Labute approximate surface area is 173 Å². The smallest absolute Gasteiger partial charge is 0.256 e. The lowest BCUT2D eigenvalue weighted by atomic mass is 10.0. The molecule has 0 unspecified atom stereocenters. The zero-order valence-electron chi connectivity index (χ0n) is 16.3. The lowest BCUT2D eigenvalue weighted by Crippen LogP contribution is -2.15. The average molecular weight is 394 g/mol. The van der Waals surface area contributed by atoms with Gasteiger partial charge in [0, 0.05) is 36.0 Å². The minimum absolute atomic E-state index is 0.276. The number of nitrogens with one attached hydrogen (secondary N) is 1. The monoisotopic (exact) mass is 394 g/mol. The first kappa shape index (κ1) is 18.0. The number of anilines is 1. The number of amides is 1. The zero-order chi connectivity index (χ0) is 20.7. The first-order valence-electron chi connectivity index (χ1n) is 9.64. The minimum Gasteiger partial charge on any atom is -0.334 e. The predicted octanol–water partition coefficient (Wildman–Crippen LogP) is 3.84. The number of carbonyl (C=O) groups excluding carboxylic acids is 1. The third-order valence-electron chi connectivity index (χ3n) is 5.55. The van der Waals surface area contributed by atoms with E-state index in [2.05, 4.69) is 32.4 Å². The van der Waals surface area contributed by atoms with E-state index in [9.17, 15) is 10.1 Å². The molecule has 146 valence electrons. The summed E-state index contributed by atoms with van der Waals surface area (Å²) < 4.78 is 1.96. The molecule has 0 saturated heterocycles. The van der Waals surface area contributed by atoms with E-state index in [-0.39, 0.29) is 5.91 Å². The first-order chi connectivity index (χ1) is 14.6. The number of rotatable bonds is 4. The summed E-state index contributed by atoms with van der Waals surface area (Å²) in [6.45, 7) is 0. The number of nitriles is 1. The van der Waals surface area contributed by atoms with Crippen molar-refractivity contribution in [2.24, 2.45) is 7.05 Å². The number of benzene rings is 1. The molecule has 3 aromatic heterocycles. The second-order valence-corrected chi connectivity index (χ2v) is 7.60. The van der Waals surface area contributed by atoms with Gasteiger partial charge >= 0.3 is 0 Å². The molecule has 4 aromatic rings. The fourth-order valence-corrected chi connectivity index (χ4v) is 3.58. The number of pyridine rings is 2. The van der Waals surface area contributed by atoms with Crippen LogP contribution in [0.5, 0.6) is 0 Å². The van der Waals surface area contributed by atoms with Gasteiger partial charge in [-0.05, 0) is 42.5 Å². The van der Waals surface area contributed by atoms with Crippen LogP contribution in [0.3, 0.4) is 0 Å². The van der Waals surface area contributed by atoms with Gasteiger partial charge in [0.1, 0.15) is 5.82 Å². The molecule has 7 nitrogen and oxygen atoms in total. The van der Waals surface area contributed by atoms with Crippen molar-refractivity contribution in [3.63, 3.8) is 0 Å². The van der Waals surface area contributed by atoms with Gasteiger partial charge in [-0.1, -0.05) is 12.1 Å². The van der Waals surface area contributed by atoms with Crippen LogP contribution in [0.4, 0.5) is 5.82 Å². The standard InChI is InChI=1S/C23H18N6O/c1-29-14-25-12-19(29)15-2-3-17-11-27-21(10-18(17)8-15)28-22(30)16-4-7-26-20(9-16)23(13-24)5-6-23/h2-4,7-12,14H,5-6H2,1H3,(H,27,28,30). The van der Waals surface area contributed by atoms with E-state index >= 15 is 0 Å². The Morgan fingerprint density at radius 3 is 2.73 bits per heavy atom. The van der Waals surface area contributed by atoms with E-state index in [1.54, 1.807) is 30.9 Å². The number of hydrogen-bond donors (Lipinski definition) is 1. The highest BCUT2D eigenvalue weighted by Crippen LogP contribution is 2.46. The second-order valence-electron chi connectivity index (χ2n) is 7.60. The Hall–Kier alpha value is -4.05. The number of fused-ring (bicyclic) bond motifs is 1. The molecule has 1 aromatic carbocycles. The van der Waals surface area contributed by atoms with E-state index in [1.807, 2.05) is 36.0 Å². The molecule has 1 fully saturated rings.